The van der Waals surface area contributed by atoms with Crippen LogP contribution in [0.3, 0.4) is 0 Å². The van der Waals surface area contributed by atoms with E-state index in [9.17, 15) is 0 Å². The summed E-state index contributed by atoms with van der Waals surface area (Å²) in [4.78, 5) is 5.41. The molecule has 0 aliphatic carbocycles. The van der Waals surface area contributed by atoms with Crippen LogP contribution in [0.15, 0.2) is 490 Å². The molecular formula is C138H88B2N4O. The Balaban J connectivity index is 0.713. The maximum atomic E-state index is 7.54. The van der Waals surface area contributed by atoms with E-state index in [1.54, 1.807) is 0 Å². The average Bonchev–Trinajstić information content (AvgIpc) is 1.29. The van der Waals surface area contributed by atoms with Crippen molar-refractivity contribution in [1.29, 1.82) is 0 Å². The molecule has 0 spiro atoms. The number of hydrogen-bond donors (Lipinski definition) is 0. The minimum absolute atomic E-state index is 0.321. The van der Waals surface area contributed by atoms with Crippen LogP contribution in [0.1, 0.15) is 44.5 Å². The highest BCUT2D eigenvalue weighted by atomic mass is 16.3. The van der Waals surface area contributed by atoms with Crippen molar-refractivity contribution < 1.29 is 4.42 Å². The van der Waals surface area contributed by atoms with Crippen molar-refractivity contribution in [2.45, 2.75) is 25.7 Å². The van der Waals surface area contributed by atoms with Crippen molar-refractivity contribution in [3.63, 3.8) is 0 Å². The van der Waals surface area contributed by atoms with E-state index >= 15 is 0 Å². The molecule has 7 heteroatoms. The number of fused-ring (bicyclic) bond motifs is 24. The zero-order valence-electron chi connectivity index (χ0n) is 79.4. The first-order chi connectivity index (χ1) is 72.0. The lowest BCUT2D eigenvalue weighted by Crippen LogP contribution is -2.56. The highest BCUT2D eigenvalue weighted by molar-refractivity contribution is 6.91. The van der Waals surface area contributed by atoms with Gasteiger partial charge in [0.15, 0.2) is 0 Å². The number of rotatable bonds is 15. The van der Waals surface area contributed by atoms with Crippen molar-refractivity contribution in [3.8, 4) is 77.9 Å². The molecule has 4 aliphatic heterocycles. The molecule has 5 nitrogen and oxygen atoms in total. The number of anilines is 6. The third kappa shape index (κ3) is 12.3. The first-order valence-electron chi connectivity index (χ1n) is 50.9. The van der Waals surface area contributed by atoms with Crippen LogP contribution in [0.5, 0.6) is 0 Å². The van der Waals surface area contributed by atoms with Crippen LogP contribution in [0.4, 0.5) is 34.1 Å². The summed E-state index contributed by atoms with van der Waals surface area (Å²) in [6, 6.07) is 185. The van der Waals surface area contributed by atoms with Gasteiger partial charge in [-0.05, 0) is 280 Å². The van der Waals surface area contributed by atoms with Gasteiger partial charge >= 0.3 is 13.7 Å². The van der Waals surface area contributed by atoms with Gasteiger partial charge < -0.3 is 23.2 Å². The van der Waals surface area contributed by atoms with Crippen molar-refractivity contribution in [2.75, 3.05) is 9.80 Å². The van der Waals surface area contributed by atoms with Crippen molar-refractivity contribution in [2.24, 2.45) is 0 Å². The Morgan fingerprint density at radius 2 is 0.566 bits per heavy atom. The fraction of sp³-hybridized carbons (Fsp3) is 0.0290. The number of hydrogen-bond acceptors (Lipinski definition) is 3. The van der Waals surface area contributed by atoms with Gasteiger partial charge in [0.05, 0.1) is 0 Å². The number of nitrogens with zero attached hydrogens (tertiary/aromatic N) is 4. The van der Waals surface area contributed by atoms with Crippen LogP contribution >= 0.6 is 0 Å². The maximum Gasteiger partial charge on any atom is 0.333 e. The SMILES string of the molecule is c1ccc(Cc2c3ccccc3c(Cc3ccccc3)c3cc4c(cc23)B2c3c(cc5ccccc5c3-c3cccc5c6c(-c7c(-c8ccccc8)cc(N8c9cc%10c(Cc%11ccccc%11)c%11ccccc%11c(Cc%11ccccc%11)c%10cc9B9c%10c8cc8c(oc%11ccccc%118)c%10-c8cccc%10c%11ccccc%11n9c8%10)cc7-c7ccccc7)cccc6n2c35)N4c2cc(-c3ccccc3)cc(-c3ccccc3)c2)cc1. The Hall–Kier alpha value is -18.3. The van der Waals surface area contributed by atoms with Gasteiger partial charge in [-0.15, -0.1) is 0 Å². The van der Waals surface area contributed by atoms with Crippen LogP contribution in [-0.4, -0.2) is 22.7 Å². The monoisotopic (exact) mass is 1840 g/mol. The van der Waals surface area contributed by atoms with E-state index in [1.165, 1.54) is 169 Å². The molecule has 0 fully saturated rings. The van der Waals surface area contributed by atoms with E-state index in [0.717, 1.165) is 154 Å². The Morgan fingerprint density at radius 1 is 0.207 bits per heavy atom. The van der Waals surface area contributed by atoms with E-state index in [-0.39, 0.29) is 13.7 Å². The van der Waals surface area contributed by atoms with Gasteiger partial charge in [0.25, 0.3) is 0 Å². The molecule has 0 saturated heterocycles. The lowest BCUT2D eigenvalue weighted by atomic mass is 9.44. The minimum Gasteiger partial charge on any atom is -0.455 e. The first kappa shape index (κ1) is 81.5. The third-order valence-electron chi connectivity index (χ3n) is 32.4. The van der Waals surface area contributed by atoms with Gasteiger partial charge in [0, 0.05) is 105 Å². The number of para-hydroxylation sites is 4. The van der Waals surface area contributed by atoms with Gasteiger partial charge in [-0.2, -0.15) is 0 Å². The highest BCUT2D eigenvalue weighted by Gasteiger charge is 2.48. The summed E-state index contributed by atoms with van der Waals surface area (Å²) in [6.07, 6.45) is 2.95. The van der Waals surface area contributed by atoms with E-state index in [0.29, 0.717) is 0 Å². The van der Waals surface area contributed by atoms with Gasteiger partial charge in [-0.3, -0.25) is 0 Å². The smallest absolute Gasteiger partial charge is 0.333 e. The Kier molecular flexibility index (Phi) is 18.1. The van der Waals surface area contributed by atoms with Crippen LogP contribution in [0.2, 0.25) is 0 Å². The molecule has 27 aromatic rings. The van der Waals surface area contributed by atoms with E-state index in [4.69, 9.17) is 4.42 Å². The summed E-state index contributed by atoms with van der Waals surface area (Å²) in [5.74, 6) is 0. The zero-order chi connectivity index (χ0) is 94.7. The average molecular weight is 1840 g/mol. The Morgan fingerprint density at radius 3 is 1.08 bits per heavy atom. The molecule has 0 saturated carbocycles. The molecular weight excluding hydrogens is 1750 g/mol. The Labute approximate surface area is 839 Å². The standard InChI is InChI=1S/C138H88B2N4O/c1-9-38-85(39-10-1)70-112-99-56-27-29-58-101(99)114(72-87-42-13-3-14-43-87)118-82-125-121(80-116(112)118)139-134-127(141(125)96-75-94(89-46-17-5-18-47-89)74-95(76-96)90-48-19-6-20-49-90)77-93-54-25-26-55-98(93)132(134)108-65-36-64-107-131-106(63-37-68-124(131)144(139)137(107)108)130-110(91-50-21-7-22-51-91)78-97(79-111(130)92-52-23-8-24-53-92)142-126-83-119-115(73-88-44-15-4-16-45-88)102-59-30-28-57-100(102)113(71-86-40-11-2-12-41-86)117(119)81-122(126)140-135-128(142)84-120-104-61-32-34-69-129(104)145-138(120)133(135)109-66-35-62-105-103-60-31-33-67-123(103)143(140)136(105)109/h1-69,74-84H,70-73H2. The largest absolute Gasteiger partial charge is 0.455 e. The molecule has 0 N–H and O–H groups in total. The molecule has 3 aromatic heterocycles. The summed E-state index contributed by atoms with van der Waals surface area (Å²) >= 11 is 0. The summed E-state index contributed by atoms with van der Waals surface area (Å²) in [7, 11) is 0. The molecule has 24 aromatic carbocycles. The summed E-state index contributed by atoms with van der Waals surface area (Å²) in [6.45, 7) is -0.680. The van der Waals surface area contributed by atoms with Gasteiger partial charge in [0.1, 0.15) is 11.2 Å². The number of benzene rings is 24. The molecule has 31 rings (SSSR count). The summed E-state index contributed by atoms with van der Waals surface area (Å²) in [5, 5.41) is 19.5. The molecule has 0 amide bonds. The first-order valence-corrected chi connectivity index (χ1v) is 50.9. The number of aromatic nitrogens is 2. The van der Waals surface area contributed by atoms with Crippen LogP contribution in [0, 0.1) is 0 Å². The summed E-state index contributed by atoms with van der Waals surface area (Å²) < 4.78 is 13.1. The molecule has 0 bridgehead atoms. The maximum absolute atomic E-state index is 7.54. The molecule has 0 atom stereocenters. The van der Waals surface area contributed by atoms with E-state index in [2.05, 4.69) is 504 Å². The lowest BCUT2D eigenvalue weighted by molar-refractivity contribution is 0.670. The fourth-order valence-corrected chi connectivity index (χ4v) is 26.4. The topological polar surface area (TPSA) is 29.5 Å². The van der Waals surface area contributed by atoms with Crippen LogP contribution in [-0.2, 0) is 25.7 Å². The quantitative estimate of drug-likeness (QED) is 0.0757. The molecule has 145 heavy (non-hydrogen) atoms. The molecule has 0 radical (unpaired) electrons. The second kappa shape index (κ2) is 32.1. The van der Waals surface area contributed by atoms with Gasteiger partial charge in [-0.1, -0.05) is 413 Å². The van der Waals surface area contributed by atoms with Crippen molar-refractivity contribution in [1.82, 2.24) is 8.96 Å². The molecule has 672 valence electrons. The van der Waals surface area contributed by atoms with E-state index in [1.807, 2.05) is 0 Å². The number of furan rings is 1. The second-order valence-corrected chi connectivity index (χ2v) is 40.1. The third-order valence-corrected chi connectivity index (χ3v) is 32.4. The van der Waals surface area contributed by atoms with Crippen molar-refractivity contribution >= 4 is 189 Å². The van der Waals surface area contributed by atoms with Crippen molar-refractivity contribution in [3.05, 3.63) is 530 Å². The zero-order valence-corrected chi connectivity index (χ0v) is 79.4. The Bertz CT molecular complexity index is 10000. The highest BCUT2D eigenvalue weighted by Crippen LogP contribution is 2.58. The fourth-order valence-electron chi connectivity index (χ4n) is 26.4. The lowest BCUT2D eigenvalue weighted by Gasteiger charge is -2.41. The van der Waals surface area contributed by atoms with Crippen LogP contribution in [0.25, 0.3) is 197 Å². The van der Waals surface area contributed by atoms with E-state index < -0.39 is 0 Å². The minimum atomic E-state index is -0.359. The predicted octanol–water partition coefficient (Wildman–Crippen LogP) is 33.1. The van der Waals surface area contributed by atoms with Gasteiger partial charge in [0.2, 0.25) is 0 Å². The van der Waals surface area contributed by atoms with Crippen LogP contribution < -0.4 is 31.7 Å². The second-order valence-electron chi connectivity index (χ2n) is 40.1. The molecule has 7 heterocycles. The predicted molar refractivity (Wildman–Crippen MR) is 613 cm³/mol. The normalized spacial score (nSPS) is 12.7. The summed E-state index contributed by atoms with van der Waals surface area (Å²) in [5.41, 5.74) is 44.7. The molecule has 0 unspecified atom stereocenters. The molecule has 4 aliphatic rings. The van der Waals surface area contributed by atoms with Gasteiger partial charge in [-0.25, -0.2) is 0 Å².